The monoisotopic (exact) mass is 291 g/mol. The number of ether oxygens (including phenoxy) is 1. The summed E-state index contributed by atoms with van der Waals surface area (Å²) in [5, 5.41) is 9.09. The van der Waals surface area contributed by atoms with Crippen LogP contribution >= 0.6 is 0 Å². The molecule has 1 aromatic carbocycles. The van der Waals surface area contributed by atoms with Gasteiger partial charge in [0.15, 0.2) is 0 Å². The van der Waals surface area contributed by atoms with Crippen molar-refractivity contribution < 1.29 is 19.4 Å². The lowest BCUT2D eigenvalue weighted by molar-refractivity contribution is -0.144. The van der Waals surface area contributed by atoms with Gasteiger partial charge in [0.2, 0.25) is 0 Å². The van der Waals surface area contributed by atoms with Gasteiger partial charge in [0, 0.05) is 12.6 Å². The Morgan fingerprint density at radius 3 is 2.67 bits per heavy atom. The van der Waals surface area contributed by atoms with E-state index in [1.165, 1.54) is 0 Å². The molecule has 5 nitrogen and oxygen atoms in total. The van der Waals surface area contributed by atoms with Gasteiger partial charge in [-0.25, -0.2) is 4.79 Å². The van der Waals surface area contributed by atoms with Crippen LogP contribution in [0.3, 0.4) is 0 Å². The summed E-state index contributed by atoms with van der Waals surface area (Å²) in [5.74, 6) is -1.13. The van der Waals surface area contributed by atoms with Gasteiger partial charge in [-0.15, -0.1) is 0 Å². The number of carboxylic acids is 1. The molecule has 1 aliphatic heterocycles. The number of aliphatic carboxylic acids is 1. The van der Waals surface area contributed by atoms with E-state index in [1.807, 2.05) is 37.3 Å². The molecule has 114 valence electrons. The molecule has 21 heavy (non-hydrogen) atoms. The van der Waals surface area contributed by atoms with E-state index >= 15 is 0 Å². The van der Waals surface area contributed by atoms with Gasteiger partial charge in [-0.05, 0) is 24.8 Å². The van der Waals surface area contributed by atoms with Gasteiger partial charge in [-0.2, -0.15) is 0 Å². The van der Waals surface area contributed by atoms with Crippen LogP contribution in [0.15, 0.2) is 30.3 Å². The highest BCUT2D eigenvalue weighted by molar-refractivity contribution is 5.72. The number of carbonyl (C=O) groups excluding carboxylic acids is 1. The summed E-state index contributed by atoms with van der Waals surface area (Å²) in [7, 11) is 0. The predicted octanol–water partition coefficient (Wildman–Crippen LogP) is 2.90. The van der Waals surface area contributed by atoms with E-state index in [0.29, 0.717) is 19.4 Å². The van der Waals surface area contributed by atoms with Crippen LogP contribution in [0.5, 0.6) is 0 Å². The predicted molar refractivity (Wildman–Crippen MR) is 77.8 cm³/mol. The minimum Gasteiger partial charge on any atom is -0.481 e. The highest BCUT2D eigenvalue weighted by atomic mass is 16.6. The van der Waals surface area contributed by atoms with Crippen molar-refractivity contribution in [3.05, 3.63) is 35.9 Å². The number of hydrogen-bond donors (Lipinski definition) is 1. The molecule has 1 fully saturated rings. The Morgan fingerprint density at radius 2 is 2.05 bits per heavy atom. The smallest absolute Gasteiger partial charge is 0.410 e. The van der Waals surface area contributed by atoms with Gasteiger partial charge >= 0.3 is 12.1 Å². The minimum absolute atomic E-state index is 0.0527. The SMILES string of the molecule is CC[C@@H]1C[C@H](C(=O)O)CCN1C(=O)OCc1ccccc1. The van der Waals surface area contributed by atoms with Gasteiger partial charge in [0.05, 0.1) is 5.92 Å². The second kappa shape index (κ2) is 7.11. The van der Waals surface area contributed by atoms with Crippen LogP contribution in [0.4, 0.5) is 4.79 Å². The van der Waals surface area contributed by atoms with E-state index in [9.17, 15) is 9.59 Å². The molecule has 1 heterocycles. The largest absolute Gasteiger partial charge is 0.481 e. The van der Waals surface area contributed by atoms with E-state index in [0.717, 1.165) is 12.0 Å². The van der Waals surface area contributed by atoms with E-state index < -0.39 is 5.97 Å². The molecule has 0 aliphatic carbocycles. The fourth-order valence-corrected chi connectivity index (χ4v) is 2.70. The van der Waals surface area contributed by atoms with Gasteiger partial charge < -0.3 is 14.7 Å². The third-order valence-electron chi connectivity index (χ3n) is 3.98. The molecular formula is C16H21NO4. The topological polar surface area (TPSA) is 66.8 Å². The summed E-state index contributed by atoms with van der Waals surface area (Å²) < 4.78 is 5.33. The molecule has 1 aliphatic rings. The molecule has 2 rings (SSSR count). The number of piperidine rings is 1. The Balaban J connectivity index is 1.91. The fourth-order valence-electron chi connectivity index (χ4n) is 2.70. The Kier molecular flexibility index (Phi) is 5.20. The first-order valence-corrected chi connectivity index (χ1v) is 7.32. The van der Waals surface area contributed by atoms with E-state index in [4.69, 9.17) is 9.84 Å². The van der Waals surface area contributed by atoms with Crippen molar-refractivity contribution in [3.8, 4) is 0 Å². The third kappa shape index (κ3) is 3.97. The number of benzene rings is 1. The molecule has 0 aromatic heterocycles. The van der Waals surface area contributed by atoms with Crippen LogP contribution < -0.4 is 0 Å². The average Bonchev–Trinajstić information content (AvgIpc) is 2.52. The molecule has 1 aromatic rings. The third-order valence-corrected chi connectivity index (χ3v) is 3.98. The lowest BCUT2D eigenvalue weighted by Gasteiger charge is -2.37. The summed E-state index contributed by atoms with van der Waals surface area (Å²) >= 11 is 0. The van der Waals surface area contributed by atoms with Crippen molar-refractivity contribution in [2.45, 2.75) is 38.8 Å². The highest BCUT2D eigenvalue weighted by Crippen LogP contribution is 2.26. The van der Waals surface area contributed by atoms with Crippen LogP contribution in [0.25, 0.3) is 0 Å². The normalized spacial score (nSPS) is 21.9. The van der Waals surface area contributed by atoms with Gasteiger partial charge in [0.1, 0.15) is 6.61 Å². The van der Waals surface area contributed by atoms with Crippen molar-refractivity contribution in [2.24, 2.45) is 5.92 Å². The Hall–Kier alpha value is -2.04. The number of rotatable bonds is 4. The second-order valence-corrected chi connectivity index (χ2v) is 5.36. The number of carboxylic acid groups (broad SMARTS) is 1. The van der Waals surface area contributed by atoms with Gasteiger partial charge in [0.25, 0.3) is 0 Å². The summed E-state index contributed by atoms with van der Waals surface area (Å²) in [4.78, 5) is 24.9. The van der Waals surface area contributed by atoms with Crippen LogP contribution in [-0.2, 0) is 16.1 Å². The standard InChI is InChI=1S/C16H21NO4/c1-2-14-10-13(15(18)19)8-9-17(14)16(20)21-11-12-6-4-3-5-7-12/h3-7,13-14H,2,8-11H2,1H3,(H,18,19)/t13-,14-/m1/s1. The maximum Gasteiger partial charge on any atom is 0.410 e. The first-order valence-electron chi connectivity index (χ1n) is 7.32. The van der Waals surface area contributed by atoms with Crippen molar-refractivity contribution in [1.82, 2.24) is 4.90 Å². The number of amides is 1. The van der Waals surface area contributed by atoms with Gasteiger partial charge in [-0.3, -0.25) is 4.79 Å². The average molecular weight is 291 g/mol. The summed E-state index contributed by atoms with van der Waals surface area (Å²) in [6.07, 6.45) is 1.39. The number of nitrogens with zero attached hydrogens (tertiary/aromatic N) is 1. The Bertz CT molecular complexity index is 488. The lowest BCUT2D eigenvalue weighted by atomic mass is 9.90. The van der Waals surface area contributed by atoms with Crippen LogP contribution in [-0.4, -0.2) is 34.7 Å². The fraction of sp³-hybridized carbons (Fsp3) is 0.500. The zero-order valence-corrected chi connectivity index (χ0v) is 12.2. The van der Waals surface area contributed by atoms with Crippen molar-refractivity contribution in [2.75, 3.05) is 6.54 Å². The first kappa shape index (κ1) is 15.4. The highest BCUT2D eigenvalue weighted by Gasteiger charge is 2.34. The summed E-state index contributed by atoms with van der Waals surface area (Å²) in [6.45, 7) is 2.66. The molecule has 0 radical (unpaired) electrons. The zero-order chi connectivity index (χ0) is 15.2. The molecule has 0 bridgehead atoms. The number of likely N-dealkylation sites (tertiary alicyclic amines) is 1. The maximum absolute atomic E-state index is 12.2. The molecular weight excluding hydrogens is 270 g/mol. The molecule has 0 spiro atoms. The van der Waals surface area contributed by atoms with Crippen molar-refractivity contribution in [1.29, 1.82) is 0 Å². The molecule has 5 heteroatoms. The van der Waals surface area contributed by atoms with Crippen LogP contribution in [0.2, 0.25) is 0 Å². The maximum atomic E-state index is 12.2. The number of hydrogen-bond acceptors (Lipinski definition) is 3. The zero-order valence-electron chi connectivity index (χ0n) is 12.2. The molecule has 2 atom stereocenters. The molecule has 1 saturated heterocycles. The minimum atomic E-state index is -0.772. The Labute approximate surface area is 124 Å². The molecule has 1 N–H and O–H groups in total. The summed E-state index contributed by atoms with van der Waals surface area (Å²) in [5.41, 5.74) is 0.944. The van der Waals surface area contributed by atoms with Crippen molar-refractivity contribution >= 4 is 12.1 Å². The van der Waals surface area contributed by atoms with Crippen LogP contribution in [0, 0.1) is 5.92 Å². The van der Waals surface area contributed by atoms with Gasteiger partial charge in [-0.1, -0.05) is 37.3 Å². The van der Waals surface area contributed by atoms with E-state index in [-0.39, 0.29) is 24.7 Å². The molecule has 0 unspecified atom stereocenters. The van der Waals surface area contributed by atoms with Crippen molar-refractivity contribution in [3.63, 3.8) is 0 Å². The quantitative estimate of drug-likeness (QED) is 0.926. The van der Waals surface area contributed by atoms with E-state index in [2.05, 4.69) is 0 Å². The lowest BCUT2D eigenvalue weighted by Crippen LogP contribution is -2.47. The van der Waals surface area contributed by atoms with Crippen LogP contribution in [0.1, 0.15) is 31.7 Å². The number of carbonyl (C=O) groups is 2. The summed E-state index contributed by atoms with van der Waals surface area (Å²) in [6, 6.07) is 9.47. The molecule has 1 amide bonds. The van der Waals surface area contributed by atoms with E-state index in [1.54, 1.807) is 4.90 Å². The molecule has 0 saturated carbocycles. The second-order valence-electron chi connectivity index (χ2n) is 5.36. The Morgan fingerprint density at radius 1 is 1.33 bits per heavy atom. The first-order chi connectivity index (χ1) is 10.1.